The zero-order valence-electron chi connectivity index (χ0n) is 12.5. The number of esters is 2. The zero-order chi connectivity index (χ0) is 18.0. The van der Waals surface area contributed by atoms with Gasteiger partial charge in [0.2, 0.25) is 0 Å². The first-order valence-electron chi connectivity index (χ1n) is 6.45. The van der Waals surface area contributed by atoms with Gasteiger partial charge in [-0.25, -0.2) is 18.4 Å². The van der Waals surface area contributed by atoms with Gasteiger partial charge < -0.3 is 9.47 Å². The topological polar surface area (TPSA) is 52.6 Å². The standard InChI is InChI=1S/C16H10F2I2O4/c1-23-15(21)9-3-7(17)5-11(19)13(9)14-10(16(22)24-2)4-8(18)6-12(14)20/h3-6H,1-2H3. The van der Waals surface area contributed by atoms with Gasteiger partial charge in [-0.05, 0) is 69.4 Å². The zero-order valence-corrected chi connectivity index (χ0v) is 16.8. The van der Waals surface area contributed by atoms with Crippen molar-refractivity contribution in [2.45, 2.75) is 0 Å². The lowest BCUT2D eigenvalue weighted by molar-refractivity contribution is 0.0589. The van der Waals surface area contributed by atoms with Crippen molar-refractivity contribution in [3.8, 4) is 11.1 Å². The van der Waals surface area contributed by atoms with Crippen molar-refractivity contribution < 1.29 is 27.8 Å². The molecule has 0 radical (unpaired) electrons. The summed E-state index contributed by atoms with van der Waals surface area (Å²) in [7, 11) is 2.33. The first-order valence-corrected chi connectivity index (χ1v) is 8.61. The van der Waals surface area contributed by atoms with Gasteiger partial charge in [-0.2, -0.15) is 0 Å². The summed E-state index contributed by atoms with van der Waals surface area (Å²) in [6.45, 7) is 0. The van der Waals surface area contributed by atoms with Gasteiger partial charge in [-0.3, -0.25) is 0 Å². The predicted molar refractivity (Wildman–Crippen MR) is 99.9 cm³/mol. The van der Waals surface area contributed by atoms with Crippen LogP contribution in [0, 0.1) is 18.8 Å². The highest BCUT2D eigenvalue weighted by atomic mass is 127. The molecule has 2 aromatic carbocycles. The van der Waals surface area contributed by atoms with Crippen molar-refractivity contribution in [3.05, 3.63) is 54.2 Å². The molecule has 0 unspecified atom stereocenters. The summed E-state index contributed by atoms with van der Waals surface area (Å²) in [4.78, 5) is 24.1. The Hall–Kier alpha value is -1.30. The third kappa shape index (κ3) is 3.68. The second-order valence-electron chi connectivity index (χ2n) is 4.60. The first kappa shape index (κ1) is 19.0. The number of halogens is 4. The van der Waals surface area contributed by atoms with Gasteiger partial charge in [-0.1, -0.05) is 0 Å². The number of ether oxygens (including phenoxy) is 2. The summed E-state index contributed by atoms with van der Waals surface area (Å²) in [5.74, 6) is -2.78. The maximum Gasteiger partial charge on any atom is 0.338 e. The number of rotatable bonds is 3. The molecular formula is C16H10F2I2O4. The van der Waals surface area contributed by atoms with Crippen molar-refractivity contribution in [2.24, 2.45) is 0 Å². The minimum absolute atomic E-state index is 0.0587. The fourth-order valence-corrected chi connectivity index (χ4v) is 3.91. The molecule has 0 saturated carbocycles. The van der Waals surface area contributed by atoms with E-state index in [1.165, 1.54) is 26.4 Å². The highest BCUT2D eigenvalue weighted by molar-refractivity contribution is 14.1. The number of hydrogen-bond acceptors (Lipinski definition) is 4. The van der Waals surface area contributed by atoms with Crippen molar-refractivity contribution in [1.82, 2.24) is 0 Å². The van der Waals surface area contributed by atoms with E-state index >= 15 is 0 Å². The Labute approximate surface area is 163 Å². The van der Waals surface area contributed by atoms with Crippen LogP contribution in [0.2, 0.25) is 0 Å². The van der Waals surface area contributed by atoms with Crippen LogP contribution in [0.15, 0.2) is 24.3 Å². The lowest BCUT2D eigenvalue weighted by Gasteiger charge is -2.16. The maximum atomic E-state index is 13.7. The fraction of sp³-hybridized carbons (Fsp3) is 0.125. The maximum absolute atomic E-state index is 13.7. The van der Waals surface area contributed by atoms with Gasteiger partial charge in [0.25, 0.3) is 0 Å². The Morgan fingerprint density at radius 1 is 0.792 bits per heavy atom. The fourth-order valence-electron chi connectivity index (χ4n) is 2.20. The second-order valence-corrected chi connectivity index (χ2v) is 6.93. The molecule has 0 N–H and O–H groups in total. The van der Waals surface area contributed by atoms with Crippen molar-refractivity contribution in [2.75, 3.05) is 14.2 Å². The van der Waals surface area contributed by atoms with Crippen LogP contribution in [-0.4, -0.2) is 26.2 Å². The van der Waals surface area contributed by atoms with Crippen LogP contribution in [0.5, 0.6) is 0 Å². The van der Waals surface area contributed by atoms with Gasteiger partial charge in [0.15, 0.2) is 0 Å². The quantitative estimate of drug-likeness (QED) is 0.414. The van der Waals surface area contributed by atoms with E-state index in [2.05, 4.69) is 0 Å². The normalized spacial score (nSPS) is 10.4. The van der Waals surface area contributed by atoms with Crippen molar-refractivity contribution in [3.63, 3.8) is 0 Å². The number of hydrogen-bond donors (Lipinski definition) is 0. The molecule has 0 spiro atoms. The highest BCUT2D eigenvalue weighted by Gasteiger charge is 2.25. The number of carbonyl (C=O) groups is 2. The molecule has 0 aromatic heterocycles. The smallest absolute Gasteiger partial charge is 0.338 e. The minimum atomic E-state index is -0.765. The third-order valence-electron chi connectivity index (χ3n) is 3.17. The van der Waals surface area contributed by atoms with Crippen LogP contribution >= 0.6 is 45.2 Å². The summed E-state index contributed by atoms with van der Waals surface area (Å²) < 4.78 is 37.6. The van der Waals surface area contributed by atoms with E-state index in [0.29, 0.717) is 7.14 Å². The highest BCUT2D eigenvalue weighted by Crippen LogP contribution is 2.37. The number of carbonyl (C=O) groups excluding carboxylic acids is 2. The predicted octanol–water partition coefficient (Wildman–Crippen LogP) is 4.41. The van der Waals surface area contributed by atoms with E-state index < -0.39 is 23.6 Å². The molecule has 0 aliphatic rings. The number of benzene rings is 2. The van der Waals surface area contributed by atoms with Gasteiger partial charge >= 0.3 is 11.9 Å². The molecule has 0 aliphatic carbocycles. The first-order chi connectivity index (χ1) is 11.3. The van der Waals surface area contributed by atoms with Gasteiger partial charge in [0.05, 0.1) is 25.3 Å². The van der Waals surface area contributed by atoms with Crippen LogP contribution in [0.1, 0.15) is 20.7 Å². The van der Waals surface area contributed by atoms with Crippen molar-refractivity contribution in [1.29, 1.82) is 0 Å². The van der Waals surface area contributed by atoms with Gasteiger partial charge in [0, 0.05) is 18.3 Å². The molecule has 0 heterocycles. The Balaban J connectivity index is 2.91. The van der Waals surface area contributed by atoms with E-state index in [-0.39, 0.29) is 22.3 Å². The third-order valence-corrected chi connectivity index (χ3v) is 4.87. The molecule has 8 heteroatoms. The largest absolute Gasteiger partial charge is 0.465 e. The lowest BCUT2D eigenvalue weighted by Crippen LogP contribution is -2.11. The lowest BCUT2D eigenvalue weighted by atomic mass is 9.95. The van der Waals surface area contributed by atoms with E-state index in [1.54, 1.807) is 0 Å². The summed E-state index contributed by atoms with van der Waals surface area (Å²) in [6, 6.07) is 4.46. The minimum Gasteiger partial charge on any atom is -0.465 e. The summed E-state index contributed by atoms with van der Waals surface area (Å²) >= 11 is 3.69. The SMILES string of the molecule is COC(=O)c1cc(F)cc(I)c1-c1c(I)cc(F)cc1C(=O)OC. The van der Waals surface area contributed by atoms with Crippen LogP contribution in [0.25, 0.3) is 11.1 Å². The van der Waals surface area contributed by atoms with Crippen molar-refractivity contribution >= 4 is 57.1 Å². The monoisotopic (exact) mass is 558 g/mol. The molecule has 0 fully saturated rings. The molecule has 0 atom stereocenters. The van der Waals surface area contributed by atoms with Gasteiger partial charge in [-0.15, -0.1) is 0 Å². The average Bonchev–Trinajstić information content (AvgIpc) is 2.53. The van der Waals surface area contributed by atoms with E-state index in [0.717, 1.165) is 12.1 Å². The average molecular weight is 558 g/mol. The summed E-state index contributed by atoms with van der Waals surface area (Å²) in [5.41, 5.74) is 0.454. The number of methoxy groups -OCH3 is 2. The Bertz CT molecular complexity index is 768. The molecule has 126 valence electrons. The Morgan fingerprint density at radius 3 is 1.42 bits per heavy atom. The van der Waals surface area contributed by atoms with Crippen LogP contribution < -0.4 is 0 Å². The van der Waals surface area contributed by atoms with E-state index in [9.17, 15) is 18.4 Å². The molecule has 0 bridgehead atoms. The Kier molecular flexibility index (Phi) is 6.12. The summed E-state index contributed by atoms with van der Waals surface area (Å²) in [5, 5.41) is 0. The summed E-state index contributed by atoms with van der Waals surface area (Å²) in [6.07, 6.45) is 0. The molecule has 0 saturated heterocycles. The molecule has 4 nitrogen and oxygen atoms in total. The molecule has 0 aliphatic heterocycles. The van der Waals surface area contributed by atoms with Crippen LogP contribution in [-0.2, 0) is 9.47 Å². The van der Waals surface area contributed by atoms with Crippen LogP contribution in [0.4, 0.5) is 8.78 Å². The van der Waals surface area contributed by atoms with Crippen LogP contribution in [0.3, 0.4) is 0 Å². The molecule has 2 aromatic rings. The molecular weight excluding hydrogens is 548 g/mol. The van der Waals surface area contributed by atoms with E-state index in [1.807, 2.05) is 45.2 Å². The van der Waals surface area contributed by atoms with Gasteiger partial charge in [0.1, 0.15) is 11.6 Å². The molecule has 2 rings (SSSR count). The Morgan fingerprint density at radius 2 is 1.12 bits per heavy atom. The second kappa shape index (κ2) is 7.72. The van der Waals surface area contributed by atoms with E-state index in [4.69, 9.17) is 9.47 Å². The molecule has 0 amide bonds. The molecule has 24 heavy (non-hydrogen) atoms.